The van der Waals surface area contributed by atoms with Gasteiger partial charge in [0, 0.05) is 6.04 Å². The molecule has 0 unspecified atom stereocenters. The summed E-state index contributed by atoms with van der Waals surface area (Å²) in [5.74, 6) is -1.32. The Balaban J connectivity index is 0.00000420. The predicted molar refractivity (Wildman–Crippen MR) is 108 cm³/mol. The van der Waals surface area contributed by atoms with Gasteiger partial charge in [-0.25, -0.2) is 4.79 Å². The molecule has 0 bridgehead atoms. The minimum Gasteiger partial charge on any atom is -0.545 e. The van der Waals surface area contributed by atoms with Crippen LogP contribution in [0, 0.1) is 0 Å². The molecule has 148 valence electrons. The molecule has 2 aromatic carbocycles. The van der Waals surface area contributed by atoms with Crippen molar-refractivity contribution >= 4 is 12.1 Å². The van der Waals surface area contributed by atoms with Crippen LogP contribution in [-0.4, -0.2) is 23.7 Å². The van der Waals surface area contributed by atoms with Crippen LogP contribution in [0.25, 0.3) is 11.1 Å². The van der Waals surface area contributed by atoms with Crippen LogP contribution >= 0.6 is 0 Å². The number of hydrogen-bond donors (Lipinski definition) is 1. The summed E-state index contributed by atoms with van der Waals surface area (Å²) in [6, 6.07) is 17.5. The molecule has 5 nitrogen and oxygen atoms in total. The minimum absolute atomic E-state index is 0. The largest absolute Gasteiger partial charge is 1.00 e. The smallest absolute Gasteiger partial charge is 0.545 e. The first kappa shape index (κ1) is 25.6. The van der Waals surface area contributed by atoms with Crippen molar-refractivity contribution in [1.82, 2.24) is 5.32 Å². The molecular weight excluding hydrogens is 393 g/mol. The standard InChI is InChI=1S/C23H27NO4.K/c1-16(21(25)26)14-20(24-22(27)28-23(2,3)4)15-17-10-12-19(13-11-17)18-8-6-5-7-9-18;/h5-13,20H,1,14-15H2,2-4H3,(H,24,27)(H,25,26);/q;+1/p-1/t20-;/m0./s1. The number of alkyl carbamates (subject to hydrolysis) is 1. The number of aliphatic carboxylic acids is 1. The van der Waals surface area contributed by atoms with Gasteiger partial charge < -0.3 is 20.0 Å². The van der Waals surface area contributed by atoms with Crippen LogP contribution in [-0.2, 0) is 16.0 Å². The van der Waals surface area contributed by atoms with E-state index < -0.39 is 23.7 Å². The third-order valence-electron chi connectivity index (χ3n) is 4.05. The summed E-state index contributed by atoms with van der Waals surface area (Å²) >= 11 is 0. The molecule has 0 radical (unpaired) electrons. The van der Waals surface area contributed by atoms with E-state index in [-0.39, 0.29) is 63.4 Å². The van der Waals surface area contributed by atoms with Crippen LogP contribution in [0.15, 0.2) is 66.7 Å². The Morgan fingerprint density at radius 1 is 1.03 bits per heavy atom. The number of amides is 1. The third-order valence-corrected chi connectivity index (χ3v) is 4.05. The molecule has 1 N–H and O–H groups in total. The first-order chi connectivity index (χ1) is 13.1. The Labute approximate surface area is 215 Å². The summed E-state index contributed by atoms with van der Waals surface area (Å²) in [6.45, 7) is 8.82. The molecule has 0 heterocycles. The van der Waals surface area contributed by atoms with E-state index >= 15 is 0 Å². The van der Waals surface area contributed by atoms with E-state index in [0.717, 1.165) is 16.7 Å². The van der Waals surface area contributed by atoms with E-state index in [1.165, 1.54) is 0 Å². The summed E-state index contributed by atoms with van der Waals surface area (Å²) < 4.78 is 5.28. The molecule has 0 aliphatic carbocycles. The number of carboxylic acids is 1. The van der Waals surface area contributed by atoms with Gasteiger partial charge in [0.2, 0.25) is 0 Å². The van der Waals surface area contributed by atoms with Gasteiger partial charge >= 0.3 is 57.5 Å². The average molecular weight is 420 g/mol. The summed E-state index contributed by atoms with van der Waals surface area (Å²) in [4.78, 5) is 23.2. The van der Waals surface area contributed by atoms with Crippen LogP contribution in [0.4, 0.5) is 4.79 Å². The summed E-state index contributed by atoms with van der Waals surface area (Å²) in [7, 11) is 0. The van der Waals surface area contributed by atoms with Crippen LogP contribution in [0.5, 0.6) is 0 Å². The second-order valence-electron chi connectivity index (χ2n) is 7.71. The van der Waals surface area contributed by atoms with Gasteiger partial charge in [-0.2, -0.15) is 0 Å². The normalized spacial score (nSPS) is 11.7. The molecule has 1 atom stereocenters. The molecule has 29 heavy (non-hydrogen) atoms. The molecule has 0 fully saturated rings. The van der Waals surface area contributed by atoms with Gasteiger partial charge in [-0.15, -0.1) is 0 Å². The molecule has 0 aromatic heterocycles. The van der Waals surface area contributed by atoms with Gasteiger partial charge in [0.25, 0.3) is 0 Å². The molecular formula is C23H26KNO4. The number of carbonyl (C=O) groups excluding carboxylic acids is 2. The topological polar surface area (TPSA) is 78.5 Å². The Morgan fingerprint density at radius 3 is 2.10 bits per heavy atom. The Kier molecular flexibility index (Phi) is 10.3. The summed E-state index contributed by atoms with van der Waals surface area (Å²) in [5.41, 5.74) is 2.45. The van der Waals surface area contributed by atoms with Crippen molar-refractivity contribution in [1.29, 1.82) is 0 Å². The first-order valence-electron chi connectivity index (χ1n) is 9.17. The van der Waals surface area contributed by atoms with Crippen molar-refractivity contribution in [2.24, 2.45) is 0 Å². The van der Waals surface area contributed by atoms with Crippen molar-refractivity contribution < 1.29 is 70.8 Å². The van der Waals surface area contributed by atoms with Crippen molar-refractivity contribution in [3.63, 3.8) is 0 Å². The van der Waals surface area contributed by atoms with Crippen molar-refractivity contribution in [2.45, 2.75) is 45.3 Å². The van der Waals surface area contributed by atoms with Gasteiger partial charge in [0.1, 0.15) is 5.60 Å². The monoisotopic (exact) mass is 419 g/mol. The zero-order valence-electron chi connectivity index (χ0n) is 17.5. The Bertz CT molecular complexity index is 826. The van der Waals surface area contributed by atoms with Gasteiger partial charge in [-0.3, -0.25) is 0 Å². The van der Waals surface area contributed by atoms with Crippen LogP contribution in [0.2, 0.25) is 0 Å². The number of benzene rings is 2. The fourth-order valence-corrected chi connectivity index (χ4v) is 2.78. The van der Waals surface area contributed by atoms with Crippen molar-refractivity contribution in [2.75, 3.05) is 0 Å². The van der Waals surface area contributed by atoms with Crippen LogP contribution < -0.4 is 61.8 Å². The molecule has 6 heteroatoms. The summed E-state index contributed by atoms with van der Waals surface area (Å²) in [6.07, 6.45) is -0.0765. The molecule has 0 saturated carbocycles. The molecule has 2 aromatic rings. The fraction of sp³-hybridized carbons (Fsp3) is 0.304. The third kappa shape index (κ3) is 9.27. The summed E-state index contributed by atoms with van der Waals surface area (Å²) in [5, 5.41) is 13.8. The van der Waals surface area contributed by atoms with Crippen molar-refractivity contribution in [3.05, 3.63) is 72.3 Å². The van der Waals surface area contributed by atoms with E-state index in [1.807, 2.05) is 54.6 Å². The Hall–Kier alpha value is -1.44. The van der Waals surface area contributed by atoms with Gasteiger partial charge in [0.05, 0.1) is 5.97 Å². The number of ether oxygens (including phenoxy) is 1. The van der Waals surface area contributed by atoms with Crippen molar-refractivity contribution in [3.8, 4) is 11.1 Å². The molecule has 0 spiro atoms. The van der Waals surface area contributed by atoms with E-state index in [4.69, 9.17) is 4.74 Å². The minimum atomic E-state index is -1.32. The second kappa shape index (κ2) is 11.7. The first-order valence-corrected chi connectivity index (χ1v) is 9.17. The maximum Gasteiger partial charge on any atom is 1.00 e. The van der Waals surface area contributed by atoms with Gasteiger partial charge in [0.15, 0.2) is 0 Å². The molecule has 0 aliphatic rings. The zero-order chi connectivity index (χ0) is 20.7. The number of nitrogens with one attached hydrogen (secondary N) is 1. The molecule has 2 rings (SSSR count). The number of rotatable bonds is 7. The average Bonchev–Trinajstić information content (AvgIpc) is 2.61. The van der Waals surface area contributed by atoms with E-state index in [9.17, 15) is 14.7 Å². The Morgan fingerprint density at radius 2 is 1.59 bits per heavy atom. The van der Waals surface area contributed by atoms with Gasteiger partial charge in [-0.05, 0) is 55.9 Å². The quantitative estimate of drug-likeness (QED) is 0.523. The number of carboxylic acid groups (broad SMARTS) is 1. The number of carbonyl (C=O) groups is 2. The SMILES string of the molecule is C=C(C[C@@H](Cc1ccc(-c2ccccc2)cc1)NC(=O)OC(C)(C)C)C(=O)[O-].[K+]. The second-order valence-corrected chi connectivity index (χ2v) is 7.71. The van der Waals surface area contributed by atoms with Crippen LogP contribution in [0.3, 0.4) is 0 Å². The molecule has 0 aliphatic heterocycles. The van der Waals surface area contributed by atoms with Gasteiger partial charge in [-0.1, -0.05) is 61.2 Å². The molecule has 0 saturated heterocycles. The maximum atomic E-state index is 12.1. The van der Waals surface area contributed by atoms with E-state index in [1.54, 1.807) is 20.8 Å². The molecule has 1 amide bonds. The zero-order valence-corrected chi connectivity index (χ0v) is 20.7. The maximum absolute atomic E-state index is 12.1. The van der Waals surface area contributed by atoms with E-state index in [0.29, 0.717) is 6.42 Å². The van der Waals surface area contributed by atoms with Crippen LogP contribution in [0.1, 0.15) is 32.8 Å². The fourth-order valence-electron chi connectivity index (χ4n) is 2.78. The predicted octanol–water partition coefficient (Wildman–Crippen LogP) is 0.490. The number of hydrogen-bond acceptors (Lipinski definition) is 4. The van der Waals surface area contributed by atoms with E-state index in [2.05, 4.69) is 11.9 Å².